The quantitative estimate of drug-likeness (QED) is 0.761. The van der Waals surface area contributed by atoms with E-state index in [-0.39, 0.29) is 11.2 Å². The molecule has 1 aromatic carbocycles. The topological polar surface area (TPSA) is 61.1 Å². The van der Waals surface area contributed by atoms with Crippen LogP contribution in [0.15, 0.2) is 41.3 Å². The maximum Gasteiger partial charge on any atom is 0.223 e. The predicted octanol–water partition coefficient (Wildman–Crippen LogP) is 2.64. The lowest BCUT2D eigenvalue weighted by molar-refractivity contribution is 0.311. The molecule has 2 aromatic heterocycles. The Morgan fingerprint density at radius 2 is 1.96 bits per heavy atom. The molecule has 0 bridgehead atoms. The number of hydrogen-bond donors (Lipinski definition) is 2. The van der Waals surface area contributed by atoms with Gasteiger partial charge in [-0.3, -0.25) is 9.69 Å². The molecule has 0 saturated carbocycles. The number of rotatable bonds is 5. The van der Waals surface area contributed by atoms with Gasteiger partial charge < -0.3 is 14.7 Å². The van der Waals surface area contributed by atoms with Crippen LogP contribution < -0.4 is 10.2 Å². The van der Waals surface area contributed by atoms with E-state index in [4.69, 9.17) is 4.74 Å². The van der Waals surface area contributed by atoms with Gasteiger partial charge in [0.25, 0.3) is 0 Å². The molecule has 3 rings (SSSR count). The second-order valence-electron chi connectivity index (χ2n) is 5.59. The predicted molar refractivity (Wildman–Crippen MR) is 87.0 cm³/mol. The molecule has 2 N–H and O–H groups in total. The fourth-order valence-electron chi connectivity index (χ4n) is 2.64. The molecular formula is C17H18FN3O2. The van der Waals surface area contributed by atoms with Crippen LogP contribution in [0.2, 0.25) is 0 Å². The Balaban J connectivity index is 1.71. The van der Waals surface area contributed by atoms with Gasteiger partial charge in [0.1, 0.15) is 5.82 Å². The van der Waals surface area contributed by atoms with Crippen LogP contribution in [0, 0.1) is 5.82 Å². The van der Waals surface area contributed by atoms with Crippen molar-refractivity contribution in [3.05, 3.63) is 64.0 Å². The van der Waals surface area contributed by atoms with E-state index in [9.17, 15) is 9.18 Å². The molecule has 5 nitrogen and oxygen atoms in total. The van der Waals surface area contributed by atoms with E-state index in [1.165, 1.54) is 25.3 Å². The van der Waals surface area contributed by atoms with Crippen molar-refractivity contribution >= 4 is 10.9 Å². The zero-order valence-corrected chi connectivity index (χ0v) is 13.0. The van der Waals surface area contributed by atoms with Crippen molar-refractivity contribution in [2.24, 2.45) is 0 Å². The van der Waals surface area contributed by atoms with Crippen molar-refractivity contribution in [3.8, 4) is 5.75 Å². The molecule has 0 fully saturated rings. The minimum absolute atomic E-state index is 0.143. The number of H-pyrrole nitrogens is 2. The van der Waals surface area contributed by atoms with Crippen LogP contribution in [-0.2, 0) is 13.1 Å². The van der Waals surface area contributed by atoms with Gasteiger partial charge in [0, 0.05) is 47.6 Å². The molecule has 0 aliphatic heterocycles. The summed E-state index contributed by atoms with van der Waals surface area (Å²) in [5.41, 5.74) is 2.56. The summed E-state index contributed by atoms with van der Waals surface area (Å²) in [4.78, 5) is 20.1. The van der Waals surface area contributed by atoms with Crippen LogP contribution in [0.1, 0.15) is 11.4 Å². The molecule has 0 radical (unpaired) electrons. The monoisotopic (exact) mass is 315 g/mol. The van der Waals surface area contributed by atoms with Crippen molar-refractivity contribution in [3.63, 3.8) is 0 Å². The molecule has 0 aliphatic carbocycles. The van der Waals surface area contributed by atoms with E-state index in [0.29, 0.717) is 18.8 Å². The van der Waals surface area contributed by atoms with E-state index >= 15 is 0 Å². The van der Waals surface area contributed by atoms with E-state index in [2.05, 4.69) is 14.9 Å². The molecule has 0 aliphatic rings. The minimum atomic E-state index is -0.243. The molecule has 6 heteroatoms. The number of nitrogens with one attached hydrogen (secondary N) is 2. The van der Waals surface area contributed by atoms with Gasteiger partial charge >= 0.3 is 0 Å². The molecular weight excluding hydrogens is 297 g/mol. The highest BCUT2D eigenvalue weighted by Gasteiger charge is 2.08. The molecule has 3 aromatic rings. The number of hydrogen-bond acceptors (Lipinski definition) is 3. The molecule has 0 atom stereocenters. The Bertz CT molecular complexity index is 885. The SMILES string of the molecule is COc1c[nH]c(CN(C)Cc2cc3cc(F)ccc3[nH]2)cc1=O. The highest BCUT2D eigenvalue weighted by atomic mass is 19.1. The van der Waals surface area contributed by atoms with Gasteiger partial charge in [-0.15, -0.1) is 0 Å². The second kappa shape index (κ2) is 6.26. The number of fused-ring (bicyclic) bond motifs is 1. The Hall–Kier alpha value is -2.60. The van der Waals surface area contributed by atoms with Crippen LogP contribution in [0.3, 0.4) is 0 Å². The number of halogens is 1. The second-order valence-corrected chi connectivity index (χ2v) is 5.59. The molecule has 0 amide bonds. The van der Waals surface area contributed by atoms with E-state index < -0.39 is 0 Å². The maximum absolute atomic E-state index is 13.2. The molecule has 0 unspecified atom stereocenters. The zero-order chi connectivity index (χ0) is 16.4. The Morgan fingerprint density at radius 1 is 1.17 bits per heavy atom. The summed E-state index contributed by atoms with van der Waals surface area (Å²) in [5.74, 6) is 0.0567. The Morgan fingerprint density at radius 3 is 2.70 bits per heavy atom. The third kappa shape index (κ3) is 3.43. The lowest BCUT2D eigenvalue weighted by Crippen LogP contribution is -2.19. The first-order valence-electron chi connectivity index (χ1n) is 7.26. The molecule has 120 valence electrons. The number of aromatic amines is 2. The summed E-state index contributed by atoms with van der Waals surface area (Å²) in [6.07, 6.45) is 1.57. The van der Waals surface area contributed by atoms with Crippen molar-refractivity contribution in [1.29, 1.82) is 0 Å². The number of ether oxygens (including phenoxy) is 1. The molecule has 0 saturated heterocycles. The van der Waals surface area contributed by atoms with Gasteiger partial charge in [0.15, 0.2) is 5.75 Å². The normalized spacial score (nSPS) is 11.3. The maximum atomic E-state index is 13.2. The highest BCUT2D eigenvalue weighted by Crippen LogP contribution is 2.18. The average Bonchev–Trinajstić information content (AvgIpc) is 2.88. The summed E-state index contributed by atoms with van der Waals surface area (Å²) in [6.45, 7) is 1.24. The zero-order valence-electron chi connectivity index (χ0n) is 13.0. The number of benzene rings is 1. The summed E-state index contributed by atoms with van der Waals surface area (Å²) >= 11 is 0. The summed E-state index contributed by atoms with van der Waals surface area (Å²) in [5, 5.41) is 0.853. The van der Waals surface area contributed by atoms with E-state index in [1.807, 2.05) is 13.1 Å². The van der Waals surface area contributed by atoms with E-state index in [1.54, 1.807) is 12.3 Å². The van der Waals surface area contributed by atoms with Crippen molar-refractivity contribution in [2.75, 3.05) is 14.2 Å². The van der Waals surface area contributed by atoms with Crippen LogP contribution in [-0.4, -0.2) is 29.0 Å². The molecule has 23 heavy (non-hydrogen) atoms. The van der Waals surface area contributed by atoms with Gasteiger partial charge in [0.05, 0.1) is 7.11 Å². The van der Waals surface area contributed by atoms with Crippen molar-refractivity contribution < 1.29 is 9.13 Å². The number of nitrogens with zero attached hydrogens (tertiary/aromatic N) is 1. The fourth-order valence-corrected chi connectivity index (χ4v) is 2.64. The third-order valence-corrected chi connectivity index (χ3v) is 3.68. The largest absolute Gasteiger partial charge is 0.491 e. The van der Waals surface area contributed by atoms with Crippen LogP contribution in [0.5, 0.6) is 5.75 Å². The van der Waals surface area contributed by atoms with Gasteiger partial charge in [-0.2, -0.15) is 0 Å². The van der Waals surface area contributed by atoms with Crippen molar-refractivity contribution in [1.82, 2.24) is 14.9 Å². The first kappa shape index (κ1) is 15.3. The lowest BCUT2D eigenvalue weighted by atomic mass is 10.2. The van der Waals surface area contributed by atoms with Gasteiger partial charge in [-0.25, -0.2) is 4.39 Å². The molecule has 0 spiro atoms. The first-order chi connectivity index (χ1) is 11.0. The fraction of sp³-hybridized carbons (Fsp3) is 0.235. The summed E-state index contributed by atoms with van der Waals surface area (Å²) in [6, 6.07) is 8.15. The summed E-state index contributed by atoms with van der Waals surface area (Å²) < 4.78 is 18.2. The number of aromatic nitrogens is 2. The van der Waals surface area contributed by atoms with Crippen LogP contribution >= 0.6 is 0 Å². The first-order valence-corrected chi connectivity index (χ1v) is 7.26. The van der Waals surface area contributed by atoms with Gasteiger partial charge in [0.2, 0.25) is 5.43 Å². The standard InChI is InChI=1S/C17H18FN3O2/c1-21(9-13-7-16(22)17(23-2)8-19-13)10-14-6-11-5-12(18)3-4-15(11)20-14/h3-8,20H,9-10H2,1-2H3,(H,19,22). The third-order valence-electron chi connectivity index (χ3n) is 3.68. The van der Waals surface area contributed by atoms with Crippen LogP contribution in [0.4, 0.5) is 4.39 Å². The van der Waals surface area contributed by atoms with Gasteiger partial charge in [-0.05, 0) is 31.3 Å². The van der Waals surface area contributed by atoms with Crippen molar-refractivity contribution in [2.45, 2.75) is 13.1 Å². The smallest absolute Gasteiger partial charge is 0.223 e. The average molecular weight is 315 g/mol. The minimum Gasteiger partial charge on any atom is -0.491 e. The Kier molecular flexibility index (Phi) is 4.16. The molecule has 2 heterocycles. The van der Waals surface area contributed by atoms with Crippen LogP contribution in [0.25, 0.3) is 10.9 Å². The highest BCUT2D eigenvalue weighted by molar-refractivity contribution is 5.80. The lowest BCUT2D eigenvalue weighted by Gasteiger charge is -2.15. The summed E-state index contributed by atoms with van der Waals surface area (Å²) in [7, 11) is 3.42. The Labute approximate surface area is 132 Å². The number of pyridine rings is 1. The van der Waals surface area contributed by atoms with E-state index in [0.717, 1.165) is 22.3 Å². The van der Waals surface area contributed by atoms with Gasteiger partial charge in [-0.1, -0.05) is 0 Å². The number of methoxy groups -OCH3 is 1.